The van der Waals surface area contributed by atoms with Gasteiger partial charge in [-0.1, -0.05) is 41.4 Å². The number of rotatable bonds is 5. The molecule has 0 amide bonds. The summed E-state index contributed by atoms with van der Waals surface area (Å²) in [4.78, 5) is 4.33. The van der Waals surface area contributed by atoms with Crippen LogP contribution in [0.2, 0.25) is 5.02 Å². The summed E-state index contributed by atoms with van der Waals surface area (Å²) in [6.45, 7) is 0.605. The predicted octanol–water partition coefficient (Wildman–Crippen LogP) is 2.80. The summed E-state index contributed by atoms with van der Waals surface area (Å²) in [5.74, 6) is 3.13. The highest BCUT2D eigenvalue weighted by Gasteiger charge is 2.08. The molecule has 5 heteroatoms. The third-order valence-corrected chi connectivity index (χ3v) is 3.65. The Kier molecular flexibility index (Phi) is 4.92. The fraction of sp³-hybridized carbons (Fsp3) is 0.214. The maximum Gasteiger partial charge on any atom is 0.169 e. The summed E-state index contributed by atoms with van der Waals surface area (Å²) in [5.41, 5.74) is 1.77. The van der Waals surface area contributed by atoms with Crippen LogP contribution < -0.4 is 0 Å². The molecule has 1 aromatic carbocycles. The van der Waals surface area contributed by atoms with Crippen molar-refractivity contribution in [2.45, 2.75) is 18.3 Å². The van der Waals surface area contributed by atoms with Crippen molar-refractivity contribution in [3.63, 3.8) is 0 Å². The van der Waals surface area contributed by atoms with Crippen molar-refractivity contribution >= 4 is 23.4 Å². The lowest BCUT2D eigenvalue weighted by atomic mass is 10.2. The summed E-state index contributed by atoms with van der Waals surface area (Å²) >= 11 is 7.35. The van der Waals surface area contributed by atoms with Gasteiger partial charge in [0.25, 0.3) is 0 Å². The van der Waals surface area contributed by atoms with Crippen LogP contribution in [0, 0.1) is 12.3 Å². The quantitative estimate of drug-likeness (QED) is 0.680. The Morgan fingerprint density at radius 1 is 1.37 bits per heavy atom. The Morgan fingerprint density at radius 2 is 2.11 bits per heavy atom. The van der Waals surface area contributed by atoms with Crippen LogP contribution in [0.25, 0.3) is 0 Å². The van der Waals surface area contributed by atoms with E-state index in [2.05, 4.69) is 10.9 Å². The topological polar surface area (TPSA) is 38.1 Å². The van der Waals surface area contributed by atoms with Crippen LogP contribution in [0.1, 0.15) is 11.3 Å². The maximum atomic E-state index is 9.16. The third kappa shape index (κ3) is 3.77. The molecule has 0 fully saturated rings. The molecule has 2 aromatic rings. The standard InChI is InChI=1S/C14H13ClN2OS/c1-2-7-19-14-16-13(10-18)9-17(14)8-11-3-5-12(15)6-4-11/h1,3-6,9,18H,7-8,10H2. The minimum Gasteiger partial charge on any atom is -0.390 e. The highest BCUT2D eigenvalue weighted by molar-refractivity contribution is 7.99. The first-order chi connectivity index (χ1) is 9.22. The van der Waals surface area contributed by atoms with Crippen LogP contribution in [0.4, 0.5) is 0 Å². The number of terminal acetylenes is 1. The van der Waals surface area contributed by atoms with Crippen molar-refractivity contribution in [1.82, 2.24) is 9.55 Å². The summed E-state index contributed by atoms with van der Waals surface area (Å²) in [7, 11) is 0. The van der Waals surface area contributed by atoms with Crippen LogP contribution in [0.3, 0.4) is 0 Å². The normalized spacial score (nSPS) is 10.4. The van der Waals surface area contributed by atoms with Crippen molar-refractivity contribution in [1.29, 1.82) is 0 Å². The smallest absolute Gasteiger partial charge is 0.169 e. The first-order valence-electron chi connectivity index (χ1n) is 5.70. The largest absolute Gasteiger partial charge is 0.390 e. The Labute approximate surface area is 121 Å². The van der Waals surface area contributed by atoms with Gasteiger partial charge in [0.2, 0.25) is 0 Å². The fourth-order valence-corrected chi connectivity index (χ4v) is 2.45. The van der Waals surface area contributed by atoms with Crippen LogP contribution in [-0.4, -0.2) is 20.4 Å². The lowest BCUT2D eigenvalue weighted by Crippen LogP contribution is -2.00. The second-order valence-electron chi connectivity index (χ2n) is 3.92. The molecular formula is C14H13ClN2OS. The molecule has 1 heterocycles. The minimum atomic E-state index is -0.0722. The van der Waals surface area contributed by atoms with Gasteiger partial charge in [-0.25, -0.2) is 4.98 Å². The SMILES string of the molecule is C#CCSc1nc(CO)cn1Cc1ccc(Cl)cc1. The number of hydrogen-bond acceptors (Lipinski definition) is 3. The van der Waals surface area contributed by atoms with Crippen molar-refractivity contribution in [3.8, 4) is 12.3 Å². The molecule has 19 heavy (non-hydrogen) atoms. The van der Waals surface area contributed by atoms with Crippen molar-refractivity contribution in [2.24, 2.45) is 0 Å². The van der Waals surface area contributed by atoms with Gasteiger partial charge in [0.05, 0.1) is 18.1 Å². The first-order valence-corrected chi connectivity index (χ1v) is 7.07. The van der Waals surface area contributed by atoms with Gasteiger partial charge in [0.15, 0.2) is 5.16 Å². The summed E-state index contributed by atoms with van der Waals surface area (Å²) in [5, 5.41) is 10.7. The van der Waals surface area contributed by atoms with Crippen LogP contribution in [-0.2, 0) is 13.2 Å². The summed E-state index contributed by atoms with van der Waals surface area (Å²) in [6, 6.07) is 7.65. The highest BCUT2D eigenvalue weighted by Crippen LogP contribution is 2.19. The van der Waals surface area contributed by atoms with E-state index in [1.165, 1.54) is 11.8 Å². The van der Waals surface area contributed by atoms with E-state index in [1.54, 1.807) is 0 Å². The van der Waals surface area contributed by atoms with Gasteiger partial charge in [-0.2, -0.15) is 0 Å². The van der Waals surface area contributed by atoms with Gasteiger partial charge < -0.3 is 9.67 Å². The van der Waals surface area contributed by atoms with Gasteiger partial charge in [-0.05, 0) is 17.7 Å². The van der Waals surface area contributed by atoms with Crippen molar-refractivity contribution < 1.29 is 5.11 Å². The monoisotopic (exact) mass is 292 g/mol. The molecule has 0 unspecified atom stereocenters. The highest BCUT2D eigenvalue weighted by atomic mass is 35.5. The number of halogens is 1. The Bertz CT molecular complexity index is 586. The van der Waals surface area contributed by atoms with E-state index in [9.17, 15) is 0 Å². The van der Waals surface area contributed by atoms with E-state index >= 15 is 0 Å². The van der Waals surface area contributed by atoms with Crippen molar-refractivity contribution in [2.75, 3.05) is 5.75 Å². The Morgan fingerprint density at radius 3 is 2.74 bits per heavy atom. The first kappa shape index (κ1) is 14.0. The lowest BCUT2D eigenvalue weighted by Gasteiger charge is -2.06. The molecule has 0 bridgehead atoms. The number of aliphatic hydroxyl groups excluding tert-OH is 1. The number of nitrogens with zero attached hydrogens (tertiary/aromatic N) is 2. The van der Waals surface area contributed by atoms with Crippen molar-refractivity contribution in [3.05, 3.63) is 46.7 Å². The lowest BCUT2D eigenvalue weighted by molar-refractivity contribution is 0.277. The van der Waals surface area contributed by atoms with Gasteiger partial charge in [-0.15, -0.1) is 6.42 Å². The summed E-state index contributed by atoms with van der Waals surface area (Å²) in [6.07, 6.45) is 7.10. The zero-order chi connectivity index (χ0) is 13.7. The Hall–Kier alpha value is -1.41. The molecule has 2 rings (SSSR count). The molecule has 0 saturated carbocycles. The molecular weight excluding hydrogens is 280 g/mol. The van der Waals surface area contributed by atoms with E-state index < -0.39 is 0 Å². The number of benzene rings is 1. The zero-order valence-corrected chi connectivity index (χ0v) is 11.8. The number of aromatic nitrogens is 2. The van der Waals surface area contributed by atoms with Gasteiger partial charge in [-0.3, -0.25) is 0 Å². The molecule has 0 aliphatic heterocycles. The van der Waals surface area contributed by atoms with E-state index in [0.29, 0.717) is 23.0 Å². The number of hydrogen-bond donors (Lipinski definition) is 1. The van der Waals surface area contributed by atoms with Crippen LogP contribution in [0.15, 0.2) is 35.6 Å². The molecule has 0 aliphatic carbocycles. The number of thioether (sulfide) groups is 1. The maximum absolute atomic E-state index is 9.16. The third-order valence-electron chi connectivity index (χ3n) is 2.50. The zero-order valence-electron chi connectivity index (χ0n) is 10.2. The van der Waals surface area contributed by atoms with Crippen LogP contribution in [0.5, 0.6) is 0 Å². The second kappa shape index (κ2) is 6.67. The van der Waals surface area contributed by atoms with Gasteiger partial charge in [0, 0.05) is 17.8 Å². The average Bonchev–Trinajstić information content (AvgIpc) is 2.81. The van der Waals surface area contributed by atoms with Gasteiger partial charge in [0.1, 0.15) is 0 Å². The molecule has 0 atom stereocenters. The van der Waals surface area contributed by atoms with E-state index in [1.807, 2.05) is 35.0 Å². The Balaban J connectivity index is 2.20. The molecule has 98 valence electrons. The predicted molar refractivity (Wildman–Crippen MR) is 78.3 cm³/mol. The number of aliphatic hydroxyl groups is 1. The molecule has 1 N–H and O–H groups in total. The second-order valence-corrected chi connectivity index (χ2v) is 5.30. The van der Waals surface area contributed by atoms with E-state index in [4.69, 9.17) is 23.1 Å². The molecule has 0 aliphatic rings. The average molecular weight is 293 g/mol. The fourth-order valence-electron chi connectivity index (χ4n) is 1.65. The molecule has 3 nitrogen and oxygen atoms in total. The van der Waals surface area contributed by atoms with E-state index in [-0.39, 0.29) is 6.61 Å². The molecule has 0 saturated heterocycles. The molecule has 0 spiro atoms. The number of imidazole rings is 1. The van der Waals surface area contributed by atoms with Crippen LogP contribution >= 0.6 is 23.4 Å². The minimum absolute atomic E-state index is 0.0722. The molecule has 0 radical (unpaired) electrons. The van der Waals surface area contributed by atoms with E-state index in [0.717, 1.165) is 10.7 Å². The molecule has 1 aromatic heterocycles. The summed E-state index contributed by atoms with van der Waals surface area (Å²) < 4.78 is 1.98. The van der Waals surface area contributed by atoms with Gasteiger partial charge >= 0.3 is 0 Å².